The lowest BCUT2D eigenvalue weighted by atomic mass is 10.0. The molecule has 28 heavy (non-hydrogen) atoms. The van der Waals surface area contributed by atoms with Crippen molar-refractivity contribution in [3.05, 3.63) is 64.7 Å². The molecule has 2 aromatic carbocycles. The van der Waals surface area contributed by atoms with Crippen LogP contribution in [-0.4, -0.2) is 54.3 Å². The van der Waals surface area contributed by atoms with Crippen LogP contribution in [0, 0.1) is 12.4 Å². The highest BCUT2D eigenvalue weighted by Gasteiger charge is 2.51. The Bertz CT molecular complexity index is 1030. The van der Waals surface area contributed by atoms with Crippen molar-refractivity contribution in [2.75, 3.05) is 19.7 Å². The fourth-order valence-electron chi connectivity index (χ4n) is 2.92. The molecule has 0 aromatic heterocycles. The molecule has 0 unspecified atom stereocenters. The van der Waals surface area contributed by atoms with Crippen LogP contribution >= 0.6 is 11.6 Å². The second kappa shape index (κ2) is 7.66. The monoisotopic (exact) mass is 426 g/mol. The van der Waals surface area contributed by atoms with Crippen LogP contribution in [0.3, 0.4) is 0 Å². The highest BCUT2D eigenvalue weighted by atomic mass is 35.5. The summed E-state index contributed by atoms with van der Waals surface area (Å²) in [6.07, 6.45) is -1.06. The Morgan fingerprint density at radius 1 is 1.32 bits per heavy atom. The van der Waals surface area contributed by atoms with Crippen molar-refractivity contribution in [1.29, 1.82) is 0 Å². The van der Waals surface area contributed by atoms with E-state index in [1.54, 1.807) is 24.3 Å². The summed E-state index contributed by atoms with van der Waals surface area (Å²) in [5.41, 5.74) is -2.22. The normalized spacial score (nSPS) is 22.8. The predicted molar refractivity (Wildman–Crippen MR) is 99.3 cm³/mol. The SMILES string of the molecule is [C-]#[N+]c1cc(F)ccc1S(=O)(=O)N1C[C@H](Oc2ccc(Cl)cc2)[C@@](O)(CO)C1. The van der Waals surface area contributed by atoms with Crippen molar-refractivity contribution in [3.8, 4) is 5.75 Å². The second-order valence-electron chi connectivity index (χ2n) is 6.34. The molecule has 1 fully saturated rings. The Labute approximate surface area is 166 Å². The van der Waals surface area contributed by atoms with Gasteiger partial charge in [-0.1, -0.05) is 11.6 Å². The number of ether oxygens (including phenoxy) is 1. The van der Waals surface area contributed by atoms with Crippen LogP contribution in [0.15, 0.2) is 47.4 Å². The van der Waals surface area contributed by atoms with Gasteiger partial charge in [-0.15, -0.1) is 0 Å². The highest BCUT2D eigenvalue weighted by molar-refractivity contribution is 7.89. The maximum atomic E-state index is 13.4. The third-order valence-electron chi connectivity index (χ3n) is 4.44. The summed E-state index contributed by atoms with van der Waals surface area (Å²) in [7, 11) is -4.23. The molecular formula is C18H16ClFN2O5S. The van der Waals surface area contributed by atoms with Gasteiger partial charge in [0.25, 0.3) is 0 Å². The van der Waals surface area contributed by atoms with Crippen molar-refractivity contribution in [3.63, 3.8) is 0 Å². The van der Waals surface area contributed by atoms with Crippen LogP contribution in [0.4, 0.5) is 10.1 Å². The zero-order valence-electron chi connectivity index (χ0n) is 14.4. The molecule has 0 amide bonds. The van der Waals surface area contributed by atoms with Gasteiger partial charge in [-0.2, -0.15) is 4.31 Å². The van der Waals surface area contributed by atoms with Gasteiger partial charge in [0.2, 0.25) is 15.7 Å². The Morgan fingerprint density at radius 3 is 2.61 bits per heavy atom. The molecule has 1 saturated heterocycles. The first-order chi connectivity index (χ1) is 13.2. The molecule has 2 N–H and O–H groups in total. The maximum absolute atomic E-state index is 13.4. The third kappa shape index (κ3) is 3.83. The number of aliphatic hydroxyl groups is 2. The van der Waals surface area contributed by atoms with Gasteiger partial charge in [-0.25, -0.2) is 17.7 Å². The van der Waals surface area contributed by atoms with Crippen LogP contribution < -0.4 is 4.74 Å². The van der Waals surface area contributed by atoms with E-state index in [0.29, 0.717) is 10.8 Å². The Morgan fingerprint density at radius 2 is 2.00 bits per heavy atom. The number of aliphatic hydroxyl groups excluding tert-OH is 1. The summed E-state index contributed by atoms with van der Waals surface area (Å²) in [4.78, 5) is 2.69. The van der Waals surface area contributed by atoms with Gasteiger partial charge in [0.05, 0.1) is 24.6 Å². The van der Waals surface area contributed by atoms with Gasteiger partial charge < -0.3 is 14.9 Å². The fraction of sp³-hybridized carbons (Fsp3) is 0.278. The first-order valence-electron chi connectivity index (χ1n) is 8.12. The van der Waals surface area contributed by atoms with Gasteiger partial charge in [-0.05, 0) is 42.5 Å². The van der Waals surface area contributed by atoms with E-state index in [-0.39, 0.29) is 17.1 Å². The van der Waals surface area contributed by atoms with Crippen molar-refractivity contribution in [1.82, 2.24) is 4.31 Å². The largest absolute Gasteiger partial charge is 0.486 e. The van der Waals surface area contributed by atoms with Crippen LogP contribution in [0.2, 0.25) is 5.02 Å². The van der Waals surface area contributed by atoms with Crippen molar-refractivity contribution in [2.45, 2.75) is 16.6 Å². The van der Waals surface area contributed by atoms with Crippen LogP contribution in [-0.2, 0) is 10.0 Å². The minimum atomic E-state index is -4.23. The molecule has 0 spiro atoms. The molecule has 1 aliphatic rings. The molecular weight excluding hydrogens is 411 g/mol. The zero-order valence-corrected chi connectivity index (χ0v) is 16.0. The van der Waals surface area contributed by atoms with Crippen LogP contribution in [0.25, 0.3) is 4.85 Å². The summed E-state index contributed by atoms with van der Waals surface area (Å²) in [5, 5.41) is 20.8. The molecule has 0 bridgehead atoms. The average molecular weight is 427 g/mol. The molecule has 0 aliphatic carbocycles. The molecule has 2 atom stereocenters. The minimum Gasteiger partial charge on any atom is -0.486 e. The molecule has 0 saturated carbocycles. The molecule has 10 heteroatoms. The lowest BCUT2D eigenvalue weighted by Gasteiger charge is -2.27. The van der Waals surface area contributed by atoms with E-state index in [0.717, 1.165) is 22.5 Å². The first kappa shape index (κ1) is 20.5. The molecule has 2 aromatic rings. The number of halogens is 2. The number of rotatable bonds is 5. The van der Waals surface area contributed by atoms with E-state index < -0.39 is 40.7 Å². The first-order valence-corrected chi connectivity index (χ1v) is 9.94. The van der Waals surface area contributed by atoms with E-state index in [4.69, 9.17) is 22.9 Å². The minimum absolute atomic E-state index is 0.267. The van der Waals surface area contributed by atoms with Crippen LogP contribution in [0.1, 0.15) is 0 Å². The zero-order chi connectivity index (χ0) is 20.5. The average Bonchev–Trinajstić information content (AvgIpc) is 3.01. The molecule has 148 valence electrons. The Kier molecular flexibility index (Phi) is 5.61. The quantitative estimate of drug-likeness (QED) is 0.715. The van der Waals surface area contributed by atoms with E-state index in [2.05, 4.69) is 4.85 Å². The molecule has 3 rings (SSSR count). The highest BCUT2D eigenvalue weighted by Crippen LogP contribution is 2.34. The topological polar surface area (TPSA) is 91.4 Å². The smallest absolute Gasteiger partial charge is 0.233 e. The number of hydrogen-bond acceptors (Lipinski definition) is 5. The number of sulfonamides is 1. The lowest BCUT2D eigenvalue weighted by Crippen LogP contribution is -2.48. The van der Waals surface area contributed by atoms with Crippen LogP contribution in [0.5, 0.6) is 5.75 Å². The van der Waals surface area contributed by atoms with Crippen molar-refractivity contribution >= 4 is 27.3 Å². The van der Waals surface area contributed by atoms with E-state index in [1.165, 1.54) is 0 Å². The predicted octanol–water partition coefficient (Wildman–Crippen LogP) is 2.21. The molecule has 0 radical (unpaired) electrons. The van der Waals surface area contributed by atoms with Gasteiger partial charge in [-0.3, -0.25) is 0 Å². The fourth-order valence-corrected chi connectivity index (χ4v) is 4.66. The summed E-state index contributed by atoms with van der Waals surface area (Å²) in [6.45, 7) is 5.65. The summed E-state index contributed by atoms with van der Waals surface area (Å²) in [6, 6.07) is 9.01. The summed E-state index contributed by atoms with van der Waals surface area (Å²) >= 11 is 5.82. The van der Waals surface area contributed by atoms with Gasteiger partial charge in [0.15, 0.2) is 0 Å². The van der Waals surface area contributed by atoms with Gasteiger partial charge in [0.1, 0.15) is 23.3 Å². The van der Waals surface area contributed by atoms with Crippen molar-refractivity contribution in [2.24, 2.45) is 0 Å². The van der Waals surface area contributed by atoms with Gasteiger partial charge >= 0.3 is 0 Å². The van der Waals surface area contributed by atoms with Crippen molar-refractivity contribution < 1.29 is 27.8 Å². The maximum Gasteiger partial charge on any atom is 0.233 e. The Balaban J connectivity index is 1.91. The van der Waals surface area contributed by atoms with E-state index >= 15 is 0 Å². The summed E-state index contributed by atoms with van der Waals surface area (Å²) in [5.74, 6) is -0.397. The molecule has 1 heterocycles. The molecule has 7 nitrogen and oxygen atoms in total. The van der Waals surface area contributed by atoms with E-state index in [9.17, 15) is 23.0 Å². The second-order valence-corrected chi connectivity index (χ2v) is 8.69. The number of β-amino-alcohol motifs (C(OH)–C–C–N with tert-alkyl or cyclic N) is 1. The standard InChI is InChI=1S/C18H16ClFN2O5S/c1-21-15-8-13(20)4-7-16(15)28(25,26)22-9-17(18(24,10-22)11-23)27-14-5-2-12(19)3-6-14/h2-8,17,23-24H,9-11H2/t17-,18-/m0/s1. The number of benzene rings is 2. The summed E-state index contributed by atoms with van der Waals surface area (Å²) < 4.78 is 45.9. The van der Waals surface area contributed by atoms with Gasteiger partial charge in [0, 0.05) is 11.6 Å². The lowest BCUT2D eigenvalue weighted by molar-refractivity contribution is -0.0640. The molecule has 1 aliphatic heterocycles. The number of nitrogens with zero attached hydrogens (tertiary/aromatic N) is 2. The number of hydrogen-bond donors (Lipinski definition) is 2. The third-order valence-corrected chi connectivity index (χ3v) is 6.56. The Hall–Kier alpha value is -2.22. The van der Waals surface area contributed by atoms with E-state index in [1.807, 2.05) is 0 Å².